The van der Waals surface area contributed by atoms with Gasteiger partial charge in [0.15, 0.2) is 0 Å². The van der Waals surface area contributed by atoms with Crippen LogP contribution in [0, 0.1) is 0 Å². The van der Waals surface area contributed by atoms with Crippen LogP contribution >= 0.6 is 11.6 Å². The maximum atomic E-state index is 5.85. The Kier molecular flexibility index (Phi) is 5.48. The molecule has 18 heavy (non-hydrogen) atoms. The number of rotatable bonds is 6. The minimum absolute atomic E-state index is 0.251. The first kappa shape index (κ1) is 13.9. The van der Waals surface area contributed by atoms with Gasteiger partial charge in [-0.05, 0) is 37.5 Å². The fraction of sp³-hybridized carbons (Fsp3) is 0.600. The Morgan fingerprint density at radius 2 is 1.94 bits per heavy atom. The van der Waals surface area contributed by atoms with Crippen molar-refractivity contribution in [1.29, 1.82) is 0 Å². The number of hydrogen-bond acceptors (Lipinski definition) is 2. The van der Waals surface area contributed by atoms with Crippen molar-refractivity contribution in [2.75, 3.05) is 6.54 Å². The average Bonchev–Trinajstić information content (AvgIpc) is 2.89. The summed E-state index contributed by atoms with van der Waals surface area (Å²) in [5.74, 6) is 0. The highest BCUT2D eigenvalue weighted by Gasteiger charge is 2.15. The Hall–Kier alpha value is -0.570. The topological polar surface area (TPSA) is 21.3 Å². The number of ether oxygens (including phenoxy) is 1. The zero-order chi connectivity index (χ0) is 12.8. The van der Waals surface area contributed by atoms with Gasteiger partial charge in [0.2, 0.25) is 0 Å². The number of nitrogens with one attached hydrogen (secondary N) is 1. The number of benzene rings is 1. The highest BCUT2D eigenvalue weighted by atomic mass is 35.5. The molecule has 1 saturated carbocycles. The SMILES string of the molecule is CC(CNC1CCCC1)OCc1ccc(Cl)cc1. The van der Waals surface area contributed by atoms with E-state index in [0.29, 0.717) is 12.6 Å². The minimum atomic E-state index is 0.251. The van der Waals surface area contributed by atoms with E-state index in [-0.39, 0.29) is 6.10 Å². The van der Waals surface area contributed by atoms with E-state index < -0.39 is 0 Å². The molecule has 1 fully saturated rings. The predicted octanol–water partition coefficient (Wildman–Crippen LogP) is 3.78. The van der Waals surface area contributed by atoms with E-state index in [1.54, 1.807) is 0 Å². The van der Waals surface area contributed by atoms with Gasteiger partial charge in [-0.1, -0.05) is 36.6 Å². The van der Waals surface area contributed by atoms with Gasteiger partial charge < -0.3 is 10.1 Å². The second-order valence-electron chi connectivity index (χ2n) is 5.14. The predicted molar refractivity (Wildman–Crippen MR) is 76.0 cm³/mol. The molecule has 3 heteroatoms. The molecule has 1 atom stereocenters. The van der Waals surface area contributed by atoms with Crippen LogP contribution in [-0.4, -0.2) is 18.7 Å². The van der Waals surface area contributed by atoms with E-state index in [0.717, 1.165) is 11.6 Å². The summed E-state index contributed by atoms with van der Waals surface area (Å²) in [6.45, 7) is 3.72. The van der Waals surface area contributed by atoms with E-state index >= 15 is 0 Å². The van der Waals surface area contributed by atoms with Crippen LogP contribution in [0.5, 0.6) is 0 Å². The van der Waals surface area contributed by atoms with Gasteiger partial charge >= 0.3 is 0 Å². The molecule has 0 saturated heterocycles. The molecule has 1 unspecified atom stereocenters. The van der Waals surface area contributed by atoms with Crippen LogP contribution in [0.3, 0.4) is 0 Å². The third-order valence-corrected chi connectivity index (χ3v) is 3.75. The van der Waals surface area contributed by atoms with E-state index in [2.05, 4.69) is 12.2 Å². The van der Waals surface area contributed by atoms with Crippen molar-refractivity contribution in [1.82, 2.24) is 5.32 Å². The van der Waals surface area contributed by atoms with Crippen LogP contribution in [0.1, 0.15) is 38.2 Å². The summed E-state index contributed by atoms with van der Waals surface area (Å²) in [6.07, 6.45) is 5.64. The monoisotopic (exact) mass is 267 g/mol. The summed E-state index contributed by atoms with van der Waals surface area (Å²) in [4.78, 5) is 0. The third-order valence-electron chi connectivity index (χ3n) is 3.50. The Balaban J connectivity index is 1.64. The molecule has 0 heterocycles. The van der Waals surface area contributed by atoms with Crippen LogP contribution in [0.15, 0.2) is 24.3 Å². The second-order valence-corrected chi connectivity index (χ2v) is 5.57. The van der Waals surface area contributed by atoms with Crippen molar-refractivity contribution in [3.05, 3.63) is 34.9 Å². The van der Waals surface area contributed by atoms with E-state index in [4.69, 9.17) is 16.3 Å². The van der Waals surface area contributed by atoms with Crippen molar-refractivity contribution in [3.8, 4) is 0 Å². The van der Waals surface area contributed by atoms with Crippen molar-refractivity contribution in [2.45, 2.75) is 51.4 Å². The van der Waals surface area contributed by atoms with Gasteiger partial charge in [-0.3, -0.25) is 0 Å². The third kappa shape index (κ3) is 4.60. The summed E-state index contributed by atoms with van der Waals surface area (Å²) in [5.41, 5.74) is 1.17. The van der Waals surface area contributed by atoms with Crippen LogP contribution in [0.2, 0.25) is 5.02 Å². The maximum Gasteiger partial charge on any atom is 0.0721 e. The van der Waals surface area contributed by atoms with Crippen LogP contribution in [-0.2, 0) is 11.3 Å². The Morgan fingerprint density at radius 1 is 1.28 bits per heavy atom. The maximum absolute atomic E-state index is 5.85. The molecule has 100 valence electrons. The van der Waals surface area contributed by atoms with Gasteiger partial charge in [0.1, 0.15) is 0 Å². The first-order valence-electron chi connectivity index (χ1n) is 6.83. The fourth-order valence-corrected chi connectivity index (χ4v) is 2.47. The second kappa shape index (κ2) is 7.13. The molecule has 1 aromatic rings. The molecule has 0 aliphatic heterocycles. The quantitative estimate of drug-likeness (QED) is 0.847. The smallest absolute Gasteiger partial charge is 0.0721 e. The normalized spacial score (nSPS) is 18.1. The van der Waals surface area contributed by atoms with Crippen molar-refractivity contribution in [3.63, 3.8) is 0 Å². The summed E-state index contributed by atoms with van der Waals surface area (Å²) in [7, 11) is 0. The van der Waals surface area contributed by atoms with Crippen molar-refractivity contribution < 1.29 is 4.74 Å². The lowest BCUT2D eigenvalue weighted by Crippen LogP contribution is -2.33. The standard InChI is InChI=1S/C15H22ClNO/c1-12(10-17-15-4-2-3-5-15)18-11-13-6-8-14(16)9-7-13/h6-9,12,15,17H,2-5,10-11H2,1H3. The summed E-state index contributed by atoms with van der Waals surface area (Å²) >= 11 is 5.85. The van der Waals surface area contributed by atoms with E-state index in [9.17, 15) is 0 Å². The van der Waals surface area contributed by atoms with Crippen molar-refractivity contribution in [2.24, 2.45) is 0 Å². The molecule has 2 nitrogen and oxygen atoms in total. The van der Waals surface area contributed by atoms with Crippen LogP contribution in [0.25, 0.3) is 0 Å². The molecule has 0 spiro atoms. The van der Waals surface area contributed by atoms with E-state index in [1.165, 1.54) is 31.2 Å². The molecule has 1 aromatic carbocycles. The van der Waals surface area contributed by atoms with Crippen LogP contribution in [0.4, 0.5) is 0 Å². The van der Waals surface area contributed by atoms with Gasteiger partial charge in [-0.15, -0.1) is 0 Å². The minimum Gasteiger partial charge on any atom is -0.373 e. The molecule has 0 radical (unpaired) electrons. The summed E-state index contributed by atoms with van der Waals surface area (Å²) in [6, 6.07) is 8.55. The zero-order valence-electron chi connectivity index (χ0n) is 11.0. The highest BCUT2D eigenvalue weighted by molar-refractivity contribution is 6.30. The first-order valence-corrected chi connectivity index (χ1v) is 7.21. The van der Waals surface area contributed by atoms with E-state index in [1.807, 2.05) is 24.3 Å². The van der Waals surface area contributed by atoms with Crippen molar-refractivity contribution >= 4 is 11.6 Å². The first-order chi connectivity index (χ1) is 8.74. The Labute approximate surface area is 115 Å². The summed E-state index contributed by atoms with van der Waals surface area (Å²) < 4.78 is 5.82. The molecule has 0 bridgehead atoms. The summed E-state index contributed by atoms with van der Waals surface area (Å²) in [5, 5.41) is 4.35. The lowest BCUT2D eigenvalue weighted by Gasteiger charge is -2.17. The van der Waals surface area contributed by atoms with Crippen LogP contribution < -0.4 is 5.32 Å². The Bertz CT molecular complexity index is 346. The molecule has 1 aliphatic carbocycles. The lowest BCUT2D eigenvalue weighted by molar-refractivity contribution is 0.0514. The molecular formula is C15H22ClNO. The molecule has 2 rings (SSSR count). The number of halogens is 1. The van der Waals surface area contributed by atoms with Gasteiger partial charge in [-0.2, -0.15) is 0 Å². The molecule has 1 aliphatic rings. The molecule has 0 aromatic heterocycles. The zero-order valence-corrected chi connectivity index (χ0v) is 11.7. The molecular weight excluding hydrogens is 246 g/mol. The number of hydrogen-bond donors (Lipinski definition) is 1. The highest BCUT2D eigenvalue weighted by Crippen LogP contribution is 2.17. The fourth-order valence-electron chi connectivity index (χ4n) is 2.34. The van der Waals surface area contributed by atoms with Gasteiger partial charge in [0.05, 0.1) is 12.7 Å². The molecule has 1 N–H and O–H groups in total. The molecule has 0 amide bonds. The van der Waals surface area contributed by atoms with Gasteiger partial charge in [0.25, 0.3) is 0 Å². The van der Waals surface area contributed by atoms with Gasteiger partial charge in [0, 0.05) is 17.6 Å². The average molecular weight is 268 g/mol. The largest absolute Gasteiger partial charge is 0.373 e. The van der Waals surface area contributed by atoms with Gasteiger partial charge in [-0.25, -0.2) is 0 Å². The lowest BCUT2D eigenvalue weighted by atomic mass is 10.2. The Morgan fingerprint density at radius 3 is 2.61 bits per heavy atom.